The fourth-order valence-corrected chi connectivity index (χ4v) is 6.28. The van der Waals surface area contributed by atoms with Gasteiger partial charge in [0.05, 0.1) is 80.0 Å². The minimum Gasteiger partial charge on any atom is -0.822 e. The number of phosphoric acid groups is 1. The number of nitrogens with zero attached hydrogens (tertiary/aromatic N) is 3. The third-order valence-corrected chi connectivity index (χ3v) is 10.8. The first-order valence-electron chi connectivity index (χ1n) is 21.8. The van der Waals surface area contributed by atoms with E-state index in [4.69, 9.17) is 19.2 Å². The van der Waals surface area contributed by atoms with E-state index in [2.05, 4.69) is 83.5 Å². The number of quaternary nitrogens is 3. The quantitative estimate of drug-likeness (QED) is 0.0417. The maximum atomic E-state index is 8.55. The molecule has 0 aliphatic carbocycles. The van der Waals surface area contributed by atoms with Gasteiger partial charge in [-0.25, -0.2) is 0 Å². The Kier molecular flexibility index (Phi) is 43.9. The third-order valence-electron chi connectivity index (χ3n) is 10.8. The normalized spacial score (nSPS) is 14.9. The Hall–Kier alpha value is -0.0100. The molecule has 0 fully saturated rings. The van der Waals surface area contributed by atoms with Gasteiger partial charge in [-0.15, -0.1) is 0 Å². The fraction of sp³-hybridized carbons (Fsp3) is 1.00. The molecule has 7 nitrogen and oxygen atoms in total. The van der Waals surface area contributed by atoms with Gasteiger partial charge in [0.25, 0.3) is 0 Å². The highest BCUT2D eigenvalue weighted by atomic mass is 31.2. The van der Waals surface area contributed by atoms with Gasteiger partial charge in [-0.2, -0.15) is 7.82 Å². The van der Waals surface area contributed by atoms with Crippen molar-refractivity contribution in [2.45, 2.75) is 197 Å². The van der Waals surface area contributed by atoms with Crippen LogP contribution >= 0.6 is 7.82 Å². The molecule has 0 heterocycles. The summed E-state index contributed by atoms with van der Waals surface area (Å²) in [6.07, 6.45) is 29.3. The highest BCUT2D eigenvalue weighted by Crippen LogP contribution is 2.13. The summed E-state index contributed by atoms with van der Waals surface area (Å²) in [6, 6.07) is 0. The Balaban J connectivity index is -0.000000296. The summed E-state index contributed by atoms with van der Waals surface area (Å²) in [6.45, 7) is 33.0. The van der Waals surface area contributed by atoms with Crippen LogP contribution in [0.1, 0.15) is 197 Å². The number of unbranched alkanes of at least 4 members (excludes halogenated alkanes) is 15. The zero-order valence-electron chi connectivity index (χ0n) is 36.6. The van der Waals surface area contributed by atoms with Crippen LogP contribution in [0.5, 0.6) is 0 Å². The number of hydrogen-bond donors (Lipinski definition) is 0. The van der Waals surface area contributed by atoms with E-state index < -0.39 is 7.82 Å². The molecule has 0 aromatic rings. The van der Waals surface area contributed by atoms with E-state index in [1.54, 1.807) is 0 Å². The van der Waals surface area contributed by atoms with Gasteiger partial charge in [0.2, 0.25) is 0 Å². The van der Waals surface area contributed by atoms with Crippen LogP contribution in [-0.2, 0) is 4.57 Å². The van der Waals surface area contributed by atoms with Gasteiger partial charge in [-0.05, 0) is 97.8 Å². The highest BCUT2D eigenvalue weighted by Gasteiger charge is 2.19. The van der Waals surface area contributed by atoms with Crippen molar-refractivity contribution in [3.05, 3.63) is 0 Å². The lowest BCUT2D eigenvalue weighted by Crippen LogP contribution is -2.45. The van der Waals surface area contributed by atoms with E-state index in [-0.39, 0.29) is 0 Å². The second kappa shape index (κ2) is 38.7. The molecule has 0 bridgehead atoms. The summed E-state index contributed by atoms with van der Waals surface area (Å²) < 4.78 is 12.4. The van der Waals surface area contributed by atoms with E-state index in [0.717, 1.165) is 0 Å². The number of hydrogen-bond acceptors (Lipinski definition) is 4. The average Bonchev–Trinajstić information content (AvgIpc) is 3.07. The van der Waals surface area contributed by atoms with E-state index in [1.807, 2.05) is 0 Å². The van der Waals surface area contributed by atoms with Crippen LogP contribution in [0.15, 0.2) is 0 Å². The molecule has 0 aromatic heterocycles. The van der Waals surface area contributed by atoms with Crippen LogP contribution in [0.3, 0.4) is 0 Å². The van der Waals surface area contributed by atoms with Crippen molar-refractivity contribution >= 4 is 7.82 Å². The highest BCUT2D eigenvalue weighted by molar-refractivity contribution is 7.40. The lowest BCUT2D eigenvalue weighted by Gasteiger charge is -2.36. The molecule has 50 heavy (non-hydrogen) atoms. The first-order valence-corrected chi connectivity index (χ1v) is 23.2. The van der Waals surface area contributed by atoms with Crippen molar-refractivity contribution in [2.24, 2.45) is 0 Å². The second-order valence-corrected chi connectivity index (χ2v) is 16.8. The average molecular weight is 738 g/mol. The molecule has 0 rings (SSSR count). The fourth-order valence-electron chi connectivity index (χ4n) is 6.28. The molecule has 0 aliphatic heterocycles. The Labute approximate surface area is 317 Å². The Morgan fingerprint density at radius 3 is 0.600 bits per heavy atom. The minimum absolute atomic E-state index is 1.30. The van der Waals surface area contributed by atoms with Gasteiger partial charge in [0.1, 0.15) is 0 Å². The van der Waals surface area contributed by atoms with Gasteiger partial charge in [0.15, 0.2) is 0 Å². The monoisotopic (exact) mass is 738 g/mol. The van der Waals surface area contributed by atoms with Gasteiger partial charge >= 0.3 is 0 Å². The van der Waals surface area contributed by atoms with Crippen molar-refractivity contribution in [2.75, 3.05) is 80.0 Å². The lowest BCUT2D eigenvalue weighted by atomic mass is 10.1. The van der Waals surface area contributed by atoms with Crippen molar-refractivity contribution in [1.82, 2.24) is 0 Å². The topological polar surface area (TPSA) is 86.2 Å². The molecule has 0 spiro atoms. The van der Waals surface area contributed by atoms with Crippen molar-refractivity contribution in [3.63, 3.8) is 0 Å². The second-order valence-electron chi connectivity index (χ2n) is 15.9. The summed E-state index contributed by atoms with van der Waals surface area (Å²) in [5.41, 5.74) is 0. The molecule has 308 valence electrons. The minimum atomic E-state index is -5.39. The summed E-state index contributed by atoms with van der Waals surface area (Å²) >= 11 is 0. The molecule has 0 radical (unpaired) electrons. The summed E-state index contributed by atoms with van der Waals surface area (Å²) in [7, 11) is 1.91. The standard InChI is InChI=1S/3C14H32N.H3O4P/c3*1-5-8-10-12-14-15(4,7-3)13-11-9-6-2;1-5(2,3)4/h3*5-14H2,1-4H3;(H3,1,2,3,4)/q3*+1;/p-3. The maximum absolute atomic E-state index is 8.55. The van der Waals surface area contributed by atoms with Gasteiger partial charge in [-0.1, -0.05) is 99.3 Å². The molecular formula is C42H96N3O4P. The third kappa shape index (κ3) is 46.0. The largest absolute Gasteiger partial charge is 0.822 e. The molecule has 0 amide bonds. The Morgan fingerprint density at radius 1 is 0.320 bits per heavy atom. The van der Waals surface area contributed by atoms with Crippen LogP contribution in [0.25, 0.3) is 0 Å². The molecule has 0 saturated carbocycles. The van der Waals surface area contributed by atoms with Crippen LogP contribution in [0.4, 0.5) is 0 Å². The molecule has 0 saturated heterocycles. The predicted molar refractivity (Wildman–Crippen MR) is 218 cm³/mol. The zero-order valence-corrected chi connectivity index (χ0v) is 37.5. The van der Waals surface area contributed by atoms with Crippen LogP contribution in [-0.4, -0.2) is 93.5 Å². The predicted octanol–water partition coefficient (Wildman–Crippen LogP) is 9.85. The van der Waals surface area contributed by atoms with Crippen molar-refractivity contribution in [1.29, 1.82) is 0 Å². The van der Waals surface area contributed by atoms with Crippen LogP contribution < -0.4 is 14.7 Å². The molecule has 3 atom stereocenters. The molecule has 0 aromatic carbocycles. The zero-order chi connectivity index (χ0) is 39.2. The van der Waals surface area contributed by atoms with Crippen molar-refractivity contribution < 1.29 is 32.7 Å². The van der Waals surface area contributed by atoms with Crippen LogP contribution in [0, 0.1) is 0 Å². The molecule has 0 aliphatic rings. The summed E-state index contributed by atoms with van der Waals surface area (Å²) in [4.78, 5) is 25.6. The Morgan fingerprint density at radius 2 is 0.460 bits per heavy atom. The Bertz CT molecular complexity index is 626. The van der Waals surface area contributed by atoms with E-state index in [1.165, 1.54) is 207 Å². The van der Waals surface area contributed by atoms with E-state index >= 15 is 0 Å². The maximum Gasteiger partial charge on any atom is 0.0784 e. The first-order chi connectivity index (χ1) is 23.5. The van der Waals surface area contributed by atoms with E-state index in [0.29, 0.717) is 0 Å². The lowest BCUT2D eigenvalue weighted by molar-refractivity contribution is -0.908. The van der Waals surface area contributed by atoms with Crippen LogP contribution in [0.2, 0.25) is 0 Å². The van der Waals surface area contributed by atoms with Gasteiger partial charge in [-0.3, -0.25) is 0 Å². The first kappa shape index (κ1) is 56.7. The summed E-state index contributed by atoms with van der Waals surface area (Å²) in [5, 5.41) is 0. The molecular weight excluding hydrogens is 641 g/mol. The van der Waals surface area contributed by atoms with Crippen molar-refractivity contribution in [3.8, 4) is 0 Å². The SMILES string of the molecule is CCCCCC[N+](C)(CC)CCCCC.CCCCCC[N+](C)(CC)CCCCC.CCCCCC[N+](C)(CC)CCCCC.O=P([O-])([O-])[O-]. The molecule has 0 N–H and O–H groups in total. The smallest absolute Gasteiger partial charge is 0.0784 e. The molecule has 3 unspecified atom stereocenters. The van der Waals surface area contributed by atoms with Gasteiger partial charge in [0, 0.05) is 0 Å². The van der Waals surface area contributed by atoms with E-state index in [9.17, 15) is 0 Å². The summed E-state index contributed by atoms with van der Waals surface area (Å²) in [5.74, 6) is 0. The van der Waals surface area contributed by atoms with Gasteiger partial charge < -0.3 is 32.7 Å². The number of rotatable bonds is 30. The molecule has 8 heteroatoms.